The molecule has 0 aliphatic carbocycles. The van der Waals surface area contributed by atoms with E-state index in [1.165, 1.54) is 0 Å². The number of hydrogen-bond acceptors (Lipinski definition) is 3. The van der Waals surface area contributed by atoms with Crippen LogP contribution < -0.4 is 0 Å². The van der Waals surface area contributed by atoms with Crippen LogP contribution in [0.5, 0.6) is 0 Å². The molecule has 0 aliphatic rings. The Balaban J connectivity index is 1.27. The summed E-state index contributed by atoms with van der Waals surface area (Å²) in [4.78, 5) is 14.6. The van der Waals surface area contributed by atoms with E-state index >= 15 is 0 Å². The highest BCUT2D eigenvalue weighted by Gasteiger charge is 2.37. The van der Waals surface area contributed by atoms with E-state index in [0.29, 0.717) is 16.8 Å². The fourth-order valence-corrected chi connectivity index (χ4v) is 8.30. The molecule has 10 aromatic rings. The Hall–Kier alpha value is -7.85. The van der Waals surface area contributed by atoms with E-state index in [2.05, 4.69) is 65.2 Å². The van der Waals surface area contributed by atoms with Crippen molar-refractivity contribution in [3.63, 3.8) is 0 Å². The van der Waals surface area contributed by atoms with Crippen molar-refractivity contribution in [1.82, 2.24) is 19.5 Å². The maximum Gasteiger partial charge on any atom is 0.416 e. The van der Waals surface area contributed by atoms with Crippen LogP contribution in [0, 0.1) is 13.8 Å². The molecule has 2 heterocycles. The third kappa shape index (κ3) is 8.03. The minimum atomic E-state index is -5.07. The van der Waals surface area contributed by atoms with E-state index in [-0.39, 0.29) is 40.2 Å². The normalized spacial score (nSPS) is 12.0. The predicted molar refractivity (Wildman–Crippen MR) is 246 cm³/mol. The highest BCUT2D eigenvalue weighted by atomic mass is 19.4. The molecule has 0 unspecified atom stereocenters. The maximum atomic E-state index is 14.4. The Bertz CT molecular complexity index is 3200. The molecule has 0 saturated heterocycles. The summed E-state index contributed by atoms with van der Waals surface area (Å²) >= 11 is 0. The molecule has 10 rings (SSSR count). The second kappa shape index (κ2) is 16.1. The standard InChI is InChI=1S/C55H36F6N4/c1-33-13-17-35(18-14-33)39-21-25-49-46(29-39)47-30-40(36-19-15-34(2)16-20-36)22-26-50(47)65(49)44-23-24-45(41-27-42(54(56,57)58)31-43(28-41)55(59,60)61)48(32-44)53-63-51(37-9-5-3-6-10-37)62-52(64-53)38-11-7-4-8-12-38/h3-32H,1-2H3. The summed E-state index contributed by atoms with van der Waals surface area (Å²) in [6.45, 7) is 4.08. The first-order valence-electron chi connectivity index (χ1n) is 20.8. The lowest BCUT2D eigenvalue weighted by molar-refractivity contribution is -0.143. The molecule has 0 amide bonds. The molecule has 0 N–H and O–H groups in total. The van der Waals surface area contributed by atoms with Crippen LogP contribution in [0.4, 0.5) is 26.3 Å². The van der Waals surface area contributed by atoms with Crippen LogP contribution in [0.25, 0.3) is 95.0 Å². The average molecular weight is 867 g/mol. The van der Waals surface area contributed by atoms with Crippen LogP contribution in [0.1, 0.15) is 22.3 Å². The number of aromatic nitrogens is 4. The number of alkyl halides is 6. The third-order valence-corrected chi connectivity index (χ3v) is 11.6. The molecular formula is C55H36F6N4. The number of hydrogen-bond donors (Lipinski definition) is 0. The molecule has 318 valence electrons. The van der Waals surface area contributed by atoms with Gasteiger partial charge in [0.05, 0.1) is 22.2 Å². The summed E-state index contributed by atoms with van der Waals surface area (Å²) < 4.78 is 88.5. The average Bonchev–Trinajstić information content (AvgIpc) is 3.64. The van der Waals surface area contributed by atoms with Gasteiger partial charge in [0.1, 0.15) is 0 Å². The summed E-state index contributed by atoms with van der Waals surface area (Å²) in [6, 6.07) is 53.9. The molecular weight excluding hydrogens is 831 g/mol. The van der Waals surface area contributed by atoms with Crippen LogP contribution in [0.2, 0.25) is 0 Å². The van der Waals surface area contributed by atoms with Crippen molar-refractivity contribution in [1.29, 1.82) is 0 Å². The van der Waals surface area contributed by atoms with Gasteiger partial charge in [-0.25, -0.2) is 15.0 Å². The van der Waals surface area contributed by atoms with Crippen LogP contribution in [-0.2, 0) is 12.4 Å². The van der Waals surface area contributed by atoms with Gasteiger partial charge in [0.25, 0.3) is 0 Å². The zero-order chi connectivity index (χ0) is 45.0. The fourth-order valence-electron chi connectivity index (χ4n) is 8.30. The SMILES string of the molecule is Cc1ccc(-c2ccc3c(c2)c2cc(-c4ccc(C)cc4)ccc2n3-c2ccc(-c3cc(C(F)(F)F)cc(C(F)(F)F)c3)c(-c3nc(-c4ccccc4)nc(-c4ccccc4)n3)c2)cc1. The number of nitrogens with zero attached hydrogens (tertiary/aromatic N) is 4. The van der Waals surface area contributed by atoms with Gasteiger partial charge in [-0.2, -0.15) is 26.3 Å². The number of fused-ring (bicyclic) bond motifs is 3. The number of rotatable bonds is 7. The molecule has 4 nitrogen and oxygen atoms in total. The van der Waals surface area contributed by atoms with Crippen molar-refractivity contribution < 1.29 is 26.3 Å². The summed E-state index contributed by atoms with van der Waals surface area (Å²) in [5.41, 5.74) is 7.00. The highest BCUT2D eigenvalue weighted by molar-refractivity contribution is 6.12. The quantitative estimate of drug-likeness (QED) is 0.150. The summed E-state index contributed by atoms with van der Waals surface area (Å²) in [5, 5.41) is 1.89. The van der Waals surface area contributed by atoms with Gasteiger partial charge >= 0.3 is 12.4 Å². The third-order valence-electron chi connectivity index (χ3n) is 11.6. The minimum absolute atomic E-state index is 0.0598. The molecule has 0 fully saturated rings. The summed E-state index contributed by atoms with van der Waals surface area (Å²) in [6.07, 6.45) is -10.1. The van der Waals surface area contributed by atoms with Gasteiger partial charge in [0.2, 0.25) is 0 Å². The smallest absolute Gasteiger partial charge is 0.309 e. The van der Waals surface area contributed by atoms with Gasteiger partial charge in [0.15, 0.2) is 17.5 Å². The first-order valence-corrected chi connectivity index (χ1v) is 20.8. The number of aryl methyl sites for hydroxylation is 2. The molecule has 65 heavy (non-hydrogen) atoms. The summed E-state index contributed by atoms with van der Waals surface area (Å²) in [5.74, 6) is 0.606. The summed E-state index contributed by atoms with van der Waals surface area (Å²) in [7, 11) is 0. The van der Waals surface area contributed by atoms with Crippen molar-refractivity contribution in [2.45, 2.75) is 26.2 Å². The molecule has 10 heteroatoms. The largest absolute Gasteiger partial charge is 0.416 e. The second-order valence-electron chi connectivity index (χ2n) is 16.1. The molecule has 0 radical (unpaired) electrons. The second-order valence-corrected chi connectivity index (χ2v) is 16.1. The van der Waals surface area contributed by atoms with E-state index in [1.807, 2.05) is 98.8 Å². The highest BCUT2D eigenvalue weighted by Crippen LogP contribution is 2.43. The van der Waals surface area contributed by atoms with Crippen molar-refractivity contribution in [2.75, 3.05) is 0 Å². The zero-order valence-corrected chi connectivity index (χ0v) is 34.9. The van der Waals surface area contributed by atoms with E-state index in [4.69, 9.17) is 15.0 Å². The van der Waals surface area contributed by atoms with Crippen molar-refractivity contribution in [2.24, 2.45) is 0 Å². The first-order chi connectivity index (χ1) is 31.3. The lowest BCUT2D eigenvalue weighted by Crippen LogP contribution is -2.11. The molecule has 0 bridgehead atoms. The van der Waals surface area contributed by atoms with Gasteiger partial charge in [-0.3, -0.25) is 0 Å². The Kier molecular flexibility index (Phi) is 10.2. The molecule has 0 atom stereocenters. The molecule has 0 saturated carbocycles. The van der Waals surface area contributed by atoms with Gasteiger partial charge in [-0.15, -0.1) is 0 Å². The van der Waals surface area contributed by atoms with Gasteiger partial charge < -0.3 is 4.57 Å². The Morgan fingerprint density at radius 3 is 1.23 bits per heavy atom. The van der Waals surface area contributed by atoms with Crippen LogP contribution in [0.3, 0.4) is 0 Å². The first kappa shape index (κ1) is 41.2. The van der Waals surface area contributed by atoms with E-state index < -0.39 is 23.5 Å². The van der Waals surface area contributed by atoms with Crippen molar-refractivity contribution >= 4 is 21.8 Å². The van der Waals surface area contributed by atoms with Crippen LogP contribution >= 0.6 is 0 Å². The Morgan fingerprint density at radius 2 is 0.785 bits per heavy atom. The van der Waals surface area contributed by atoms with Crippen LogP contribution in [-0.4, -0.2) is 19.5 Å². The van der Waals surface area contributed by atoms with E-state index in [1.54, 1.807) is 18.2 Å². The van der Waals surface area contributed by atoms with E-state index in [0.717, 1.165) is 67.3 Å². The van der Waals surface area contributed by atoms with Gasteiger partial charge in [0, 0.05) is 33.2 Å². The maximum absolute atomic E-state index is 14.4. The zero-order valence-electron chi connectivity index (χ0n) is 34.9. The Labute approximate surface area is 370 Å². The molecule has 0 aliphatic heterocycles. The molecule has 0 spiro atoms. The number of halogens is 6. The lowest BCUT2D eigenvalue weighted by Gasteiger charge is -2.18. The Morgan fingerprint density at radius 1 is 0.354 bits per heavy atom. The fraction of sp³-hybridized carbons (Fsp3) is 0.0727. The van der Waals surface area contributed by atoms with Gasteiger partial charge in [-0.05, 0) is 102 Å². The molecule has 8 aromatic carbocycles. The van der Waals surface area contributed by atoms with Crippen molar-refractivity contribution in [3.05, 3.63) is 204 Å². The van der Waals surface area contributed by atoms with E-state index in [9.17, 15) is 26.3 Å². The monoisotopic (exact) mass is 866 g/mol. The van der Waals surface area contributed by atoms with Crippen LogP contribution in [0.15, 0.2) is 182 Å². The molecule has 2 aromatic heterocycles. The number of benzene rings is 8. The minimum Gasteiger partial charge on any atom is -0.309 e. The van der Waals surface area contributed by atoms with Gasteiger partial charge in [-0.1, -0.05) is 139 Å². The predicted octanol–water partition coefficient (Wildman–Crippen LogP) is 15.6. The lowest BCUT2D eigenvalue weighted by atomic mass is 9.94. The topological polar surface area (TPSA) is 43.6 Å². The van der Waals surface area contributed by atoms with Crippen molar-refractivity contribution in [3.8, 4) is 73.2 Å².